The van der Waals surface area contributed by atoms with E-state index in [-0.39, 0.29) is 6.61 Å². The molecule has 4 nitrogen and oxygen atoms in total. The van der Waals surface area contributed by atoms with Crippen LogP contribution in [-0.2, 0) is 0 Å². The highest BCUT2D eigenvalue weighted by atomic mass is 35.5. The van der Waals surface area contributed by atoms with Crippen molar-refractivity contribution < 1.29 is 5.11 Å². The monoisotopic (exact) mass is 215 g/mol. The Labute approximate surface area is 88.3 Å². The second-order valence-corrected chi connectivity index (χ2v) is 3.82. The lowest BCUT2D eigenvalue weighted by Gasteiger charge is -2.27. The van der Waals surface area contributed by atoms with Crippen LogP contribution in [0.3, 0.4) is 0 Å². The summed E-state index contributed by atoms with van der Waals surface area (Å²) in [6.45, 7) is 3.92. The molecule has 0 fully saturated rings. The smallest absolute Gasteiger partial charge is 0.148 e. The summed E-state index contributed by atoms with van der Waals surface area (Å²) in [6, 6.07) is 0. The van der Waals surface area contributed by atoms with Gasteiger partial charge in [-0.15, -0.1) is 0 Å². The van der Waals surface area contributed by atoms with Gasteiger partial charge in [-0.25, -0.2) is 9.97 Å². The number of nitrogens with zero attached hydrogens (tertiary/aromatic N) is 2. The van der Waals surface area contributed by atoms with E-state index in [2.05, 4.69) is 15.3 Å². The van der Waals surface area contributed by atoms with Crippen molar-refractivity contribution in [3.05, 3.63) is 17.5 Å². The fraction of sp³-hybridized carbons (Fsp3) is 0.556. The maximum atomic E-state index is 9.19. The fourth-order valence-electron chi connectivity index (χ4n) is 0.930. The third-order valence-corrected chi connectivity index (χ3v) is 2.49. The number of hydrogen-bond donors (Lipinski definition) is 2. The van der Waals surface area contributed by atoms with Gasteiger partial charge in [0.2, 0.25) is 0 Å². The molecular formula is C9H14ClN3O. The molecule has 0 saturated carbocycles. The predicted octanol–water partition coefficient (Wildman–Crippen LogP) is 1.70. The molecule has 0 aromatic carbocycles. The van der Waals surface area contributed by atoms with Crippen molar-refractivity contribution in [3.8, 4) is 0 Å². The van der Waals surface area contributed by atoms with Crippen molar-refractivity contribution in [2.24, 2.45) is 0 Å². The van der Waals surface area contributed by atoms with Crippen LogP contribution in [0.15, 0.2) is 12.5 Å². The predicted molar refractivity (Wildman–Crippen MR) is 56.4 cm³/mol. The van der Waals surface area contributed by atoms with Gasteiger partial charge >= 0.3 is 0 Å². The number of aliphatic hydroxyl groups excluding tert-OH is 1. The first kappa shape index (κ1) is 11.2. The van der Waals surface area contributed by atoms with Crippen molar-refractivity contribution in [2.75, 3.05) is 11.9 Å². The number of aliphatic hydroxyl groups is 1. The third kappa shape index (κ3) is 2.56. The summed E-state index contributed by atoms with van der Waals surface area (Å²) in [4.78, 5) is 7.77. The minimum atomic E-state index is -0.391. The van der Waals surface area contributed by atoms with Crippen LogP contribution in [0.1, 0.15) is 20.3 Å². The van der Waals surface area contributed by atoms with Crippen LogP contribution < -0.4 is 5.32 Å². The van der Waals surface area contributed by atoms with Gasteiger partial charge in [-0.05, 0) is 13.3 Å². The number of rotatable bonds is 4. The minimum absolute atomic E-state index is 0.0316. The van der Waals surface area contributed by atoms with Gasteiger partial charge in [0.25, 0.3) is 0 Å². The maximum absolute atomic E-state index is 9.19. The summed E-state index contributed by atoms with van der Waals surface area (Å²) in [5, 5.41) is 12.7. The van der Waals surface area contributed by atoms with Gasteiger partial charge < -0.3 is 10.4 Å². The average molecular weight is 216 g/mol. The topological polar surface area (TPSA) is 58.0 Å². The molecule has 5 heteroatoms. The molecule has 0 bridgehead atoms. The highest BCUT2D eigenvalue weighted by Gasteiger charge is 2.21. The Hall–Kier alpha value is -0.870. The van der Waals surface area contributed by atoms with E-state index in [1.807, 2.05) is 13.8 Å². The van der Waals surface area contributed by atoms with Crippen molar-refractivity contribution in [2.45, 2.75) is 25.8 Å². The van der Waals surface area contributed by atoms with Crippen LogP contribution >= 0.6 is 11.6 Å². The van der Waals surface area contributed by atoms with Crippen molar-refractivity contribution in [1.29, 1.82) is 0 Å². The Kier molecular flexibility index (Phi) is 3.66. The zero-order valence-corrected chi connectivity index (χ0v) is 9.04. The number of nitrogens with one attached hydrogen (secondary N) is 1. The molecule has 14 heavy (non-hydrogen) atoms. The van der Waals surface area contributed by atoms with E-state index < -0.39 is 5.54 Å². The molecule has 0 amide bonds. The number of anilines is 1. The number of halogens is 1. The van der Waals surface area contributed by atoms with Crippen LogP contribution in [0.2, 0.25) is 5.02 Å². The molecule has 0 aliphatic heterocycles. The molecule has 1 atom stereocenters. The standard InChI is InChI=1S/C9H14ClN3O/c1-3-9(2,5-14)13-8-7(10)4-11-6-12-8/h4,6,14H,3,5H2,1-2H3,(H,11,12,13). The quantitative estimate of drug-likeness (QED) is 0.803. The van der Waals surface area contributed by atoms with Crippen LogP contribution in [0.25, 0.3) is 0 Å². The Morgan fingerprint density at radius 2 is 2.36 bits per heavy atom. The Morgan fingerprint density at radius 3 is 2.86 bits per heavy atom. The molecule has 0 saturated heterocycles. The second kappa shape index (κ2) is 4.57. The second-order valence-electron chi connectivity index (χ2n) is 3.42. The first-order valence-corrected chi connectivity index (χ1v) is 4.83. The Morgan fingerprint density at radius 1 is 1.64 bits per heavy atom. The van der Waals surface area contributed by atoms with Crippen LogP contribution in [0, 0.1) is 0 Å². The largest absolute Gasteiger partial charge is 0.394 e. The average Bonchev–Trinajstić information content (AvgIpc) is 2.21. The Balaban J connectivity index is 2.82. The van der Waals surface area contributed by atoms with Crippen LogP contribution in [0.5, 0.6) is 0 Å². The van der Waals surface area contributed by atoms with E-state index in [4.69, 9.17) is 11.6 Å². The first-order valence-electron chi connectivity index (χ1n) is 4.46. The van der Waals surface area contributed by atoms with Gasteiger partial charge in [0.05, 0.1) is 18.3 Å². The molecular weight excluding hydrogens is 202 g/mol. The van der Waals surface area contributed by atoms with Crippen molar-refractivity contribution in [3.63, 3.8) is 0 Å². The normalized spacial score (nSPS) is 14.9. The number of aromatic nitrogens is 2. The Bertz CT molecular complexity index is 302. The lowest BCUT2D eigenvalue weighted by molar-refractivity contribution is 0.218. The van der Waals surface area contributed by atoms with Gasteiger partial charge in [0, 0.05) is 0 Å². The zero-order chi connectivity index (χ0) is 10.6. The zero-order valence-electron chi connectivity index (χ0n) is 8.29. The SMILES string of the molecule is CCC(C)(CO)Nc1ncncc1Cl. The lowest BCUT2D eigenvalue weighted by atomic mass is 10.0. The third-order valence-electron chi connectivity index (χ3n) is 2.22. The van der Waals surface area contributed by atoms with Gasteiger partial charge in [0.15, 0.2) is 0 Å². The highest BCUT2D eigenvalue weighted by Crippen LogP contribution is 2.22. The molecule has 0 radical (unpaired) electrons. The maximum Gasteiger partial charge on any atom is 0.148 e. The van der Waals surface area contributed by atoms with Crippen molar-refractivity contribution in [1.82, 2.24) is 9.97 Å². The van der Waals surface area contributed by atoms with Gasteiger partial charge in [-0.3, -0.25) is 0 Å². The fourth-order valence-corrected chi connectivity index (χ4v) is 1.08. The summed E-state index contributed by atoms with van der Waals surface area (Å²) >= 11 is 5.88. The van der Waals surface area contributed by atoms with E-state index in [0.717, 1.165) is 6.42 Å². The van der Waals surface area contributed by atoms with E-state index in [0.29, 0.717) is 10.8 Å². The van der Waals surface area contributed by atoms with Crippen LogP contribution in [0.4, 0.5) is 5.82 Å². The van der Waals surface area contributed by atoms with Gasteiger partial charge in [-0.2, -0.15) is 0 Å². The van der Waals surface area contributed by atoms with E-state index in [9.17, 15) is 5.11 Å². The van der Waals surface area contributed by atoms with Gasteiger partial charge in [0.1, 0.15) is 17.2 Å². The molecule has 2 N–H and O–H groups in total. The summed E-state index contributed by atoms with van der Waals surface area (Å²) in [6.07, 6.45) is 3.72. The highest BCUT2D eigenvalue weighted by molar-refractivity contribution is 6.32. The van der Waals surface area contributed by atoms with E-state index in [1.54, 1.807) is 0 Å². The molecule has 0 spiro atoms. The first-order chi connectivity index (χ1) is 6.61. The molecule has 78 valence electrons. The summed E-state index contributed by atoms with van der Waals surface area (Å²) in [5.41, 5.74) is -0.391. The molecule has 1 rings (SSSR count). The van der Waals surface area contributed by atoms with E-state index >= 15 is 0 Å². The lowest BCUT2D eigenvalue weighted by Crippen LogP contribution is -2.38. The summed E-state index contributed by atoms with van der Waals surface area (Å²) in [5.74, 6) is 0.556. The minimum Gasteiger partial charge on any atom is -0.394 e. The van der Waals surface area contributed by atoms with Crippen LogP contribution in [-0.4, -0.2) is 27.2 Å². The van der Waals surface area contributed by atoms with Gasteiger partial charge in [-0.1, -0.05) is 18.5 Å². The number of hydrogen-bond acceptors (Lipinski definition) is 4. The summed E-state index contributed by atoms with van der Waals surface area (Å²) < 4.78 is 0. The van der Waals surface area contributed by atoms with Crippen molar-refractivity contribution >= 4 is 17.4 Å². The molecule has 1 heterocycles. The molecule has 0 aliphatic carbocycles. The molecule has 1 aromatic rings. The summed E-state index contributed by atoms with van der Waals surface area (Å²) in [7, 11) is 0. The molecule has 1 unspecified atom stereocenters. The molecule has 0 aliphatic rings. The molecule has 1 aromatic heterocycles. The van der Waals surface area contributed by atoms with E-state index in [1.165, 1.54) is 12.5 Å².